The molecule has 0 saturated carbocycles. The molecule has 0 saturated heterocycles. The van der Waals surface area contributed by atoms with Crippen LogP contribution in [0.2, 0.25) is 0 Å². The number of halogens is 3. The van der Waals surface area contributed by atoms with E-state index in [0.717, 1.165) is 12.1 Å². The zero-order valence-electron chi connectivity index (χ0n) is 9.84. The summed E-state index contributed by atoms with van der Waals surface area (Å²) >= 11 is 0. The summed E-state index contributed by atoms with van der Waals surface area (Å²) < 4.78 is 39.9. The molecule has 1 atom stereocenters. The third-order valence-electron chi connectivity index (χ3n) is 2.23. The summed E-state index contributed by atoms with van der Waals surface area (Å²) in [7, 11) is 0. The van der Waals surface area contributed by atoms with Gasteiger partial charge < -0.3 is 10.1 Å². The molecule has 1 unspecified atom stereocenters. The summed E-state index contributed by atoms with van der Waals surface area (Å²) in [6.45, 7) is 4.81. The van der Waals surface area contributed by atoms with Gasteiger partial charge in [0.25, 0.3) is 0 Å². The third-order valence-corrected chi connectivity index (χ3v) is 2.23. The molecule has 0 heterocycles. The van der Waals surface area contributed by atoms with E-state index in [9.17, 15) is 13.2 Å². The van der Waals surface area contributed by atoms with Gasteiger partial charge in [-0.1, -0.05) is 19.1 Å². The first kappa shape index (κ1) is 13.8. The number of hydrogen-bond acceptors (Lipinski definition) is 2. The van der Waals surface area contributed by atoms with Crippen LogP contribution in [0.15, 0.2) is 24.3 Å². The predicted octanol–water partition coefficient (Wildman–Crippen LogP) is 3.13. The monoisotopic (exact) mass is 247 g/mol. The van der Waals surface area contributed by atoms with Crippen molar-refractivity contribution in [2.24, 2.45) is 0 Å². The first-order valence-electron chi connectivity index (χ1n) is 5.49. The second kappa shape index (κ2) is 5.91. The fourth-order valence-corrected chi connectivity index (χ4v) is 1.64. The number of alkyl halides is 3. The van der Waals surface area contributed by atoms with Crippen molar-refractivity contribution < 1.29 is 17.9 Å². The highest BCUT2D eigenvalue weighted by atomic mass is 19.4. The van der Waals surface area contributed by atoms with E-state index in [1.807, 2.05) is 13.8 Å². The van der Waals surface area contributed by atoms with E-state index in [1.165, 1.54) is 12.1 Å². The zero-order chi connectivity index (χ0) is 12.9. The van der Waals surface area contributed by atoms with Crippen molar-refractivity contribution in [3.8, 4) is 5.75 Å². The van der Waals surface area contributed by atoms with Gasteiger partial charge in [-0.3, -0.25) is 0 Å². The lowest BCUT2D eigenvalue weighted by Crippen LogP contribution is -2.27. The molecule has 1 aromatic rings. The van der Waals surface area contributed by atoms with Crippen LogP contribution >= 0.6 is 0 Å². The second-order valence-electron chi connectivity index (χ2n) is 3.86. The highest BCUT2D eigenvalue weighted by Gasteiger charge is 2.31. The van der Waals surface area contributed by atoms with Gasteiger partial charge in [-0.05, 0) is 37.6 Å². The van der Waals surface area contributed by atoms with Crippen molar-refractivity contribution >= 4 is 0 Å². The summed E-state index contributed by atoms with van der Waals surface area (Å²) in [5.74, 6) is -0.168. The minimum atomic E-state index is -4.63. The first-order valence-corrected chi connectivity index (χ1v) is 5.49. The van der Waals surface area contributed by atoms with Crippen molar-refractivity contribution in [1.29, 1.82) is 0 Å². The highest BCUT2D eigenvalue weighted by Crippen LogP contribution is 2.23. The van der Waals surface area contributed by atoms with Crippen molar-refractivity contribution in [3.63, 3.8) is 0 Å². The van der Waals surface area contributed by atoms with E-state index in [0.29, 0.717) is 6.42 Å². The summed E-state index contributed by atoms with van der Waals surface area (Å²) in [6, 6.07) is 6.30. The van der Waals surface area contributed by atoms with Crippen LogP contribution in [0, 0.1) is 0 Å². The molecule has 5 heteroatoms. The van der Waals surface area contributed by atoms with Gasteiger partial charge in [0, 0.05) is 6.04 Å². The van der Waals surface area contributed by atoms with Gasteiger partial charge in [0.15, 0.2) is 0 Å². The molecular weight excluding hydrogens is 231 g/mol. The molecular formula is C12H16F3NO. The maximum Gasteiger partial charge on any atom is 0.573 e. The molecule has 0 bridgehead atoms. The summed E-state index contributed by atoms with van der Waals surface area (Å²) in [6.07, 6.45) is -3.96. The molecule has 0 aliphatic heterocycles. The Bertz CT molecular complexity index is 352. The molecule has 0 spiro atoms. The van der Waals surface area contributed by atoms with Gasteiger partial charge >= 0.3 is 6.36 Å². The van der Waals surface area contributed by atoms with E-state index >= 15 is 0 Å². The normalized spacial score (nSPS) is 13.5. The Balaban J connectivity index is 2.66. The summed E-state index contributed by atoms with van der Waals surface area (Å²) in [5, 5.41) is 3.20. The Hall–Kier alpha value is -1.23. The lowest BCUT2D eigenvalue weighted by molar-refractivity contribution is -0.274. The van der Waals surface area contributed by atoms with Crippen molar-refractivity contribution in [1.82, 2.24) is 5.32 Å². The molecule has 1 aromatic carbocycles. The van der Waals surface area contributed by atoms with Gasteiger partial charge in [0.2, 0.25) is 0 Å². The molecule has 0 aliphatic rings. The molecule has 2 nitrogen and oxygen atoms in total. The Morgan fingerprint density at radius 1 is 1.35 bits per heavy atom. The molecule has 1 rings (SSSR count). The second-order valence-corrected chi connectivity index (χ2v) is 3.86. The maximum atomic E-state index is 12.0. The molecule has 0 aliphatic carbocycles. The van der Waals surface area contributed by atoms with Crippen molar-refractivity contribution in [3.05, 3.63) is 29.8 Å². The number of rotatable bonds is 5. The highest BCUT2D eigenvalue weighted by molar-refractivity contribution is 5.29. The largest absolute Gasteiger partial charge is 0.573 e. The van der Waals surface area contributed by atoms with E-state index in [-0.39, 0.29) is 11.8 Å². The van der Waals surface area contributed by atoms with Crippen LogP contribution in [-0.2, 0) is 6.42 Å². The van der Waals surface area contributed by atoms with Crippen LogP contribution < -0.4 is 10.1 Å². The SMILES string of the molecule is CCNC(C)Cc1cccc(OC(F)(F)F)c1. The summed E-state index contributed by atoms with van der Waals surface area (Å²) in [4.78, 5) is 0. The predicted molar refractivity (Wildman–Crippen MR) is 60.0 cm³/mol. The standard InChI is InChI=1S/C12H16F3NO/c1-3-16-9(2)7-10-5-4-6-11(8-10)17-12(13,14)15/h4-6,8-9,16H,3,7H2,1-2H3. The molecule has 17 heavy (non-hydrogen) atoms. The number of likely N-dealkylation sites (N-methyl/N-ethyl adjacent to an activating group) is 1. The molecule has 96 valence electrons. The molecule has 1 N–H and O–H groups in total. The van der Waals surface area contributed by atoms with Gasteiger partial charge in [-0.2, -0.15) is 0 Å². The summed E-state index contributed by atoms with van der Waals surface area (Å²) in [5.41, 5.74) is 0.820. The van der Waals surface area contributed by atoms with E-state index in [4.69, 9.17) is 0 Å². The number of nitrogens with one attached hydrogen (secondary N) is 1. The minimum absolute atomic E-state index is 0.168. The van der Waals surface area contributed by atoms with Crippen molar-refractivity contribution in [2.75, 3.05) is 6.54 Å². The lowest BCUT2D eigenvalue weighted by Gasteiger charge is -2.13. The molecule has 0 fully saturated rings. The molecule has 0 amide bonds. The third kappa shape index (κ3) is 5.58. The van der Waals surface area contributed by atoms with E-state index in [2.05, 4.69) is 10.1 Å². The maximum absolute atomic E-state index is 12.0. The van der Waals surface area contributed by atoms with Gasteiger partial charge in [0.1, 0.15) is 5.75 Å². The van der Waals surface area contributed by atoms with Crippen LogP contribution in [0.25, 0.3) is 0 Å². The van der Waals surface area contributed by atoms with Crippen molar-refractivity contribution in [2.45, 2.75) is 32.7 Å². The smallest absolute Gasteiger partial charge is 0.406 e. The minimum Gasteiger partial charge on any atom is -0.406 e. The number of ether oxygens (including phenoxy) is 1. The fourth-order valence-electron chi connectivity index (χ4n) is 1.64. The molecule has 0 aromatic heterocycles. The Labute approximate surface area is 98.8 Å². The van der Waals surface area contributed by atoms with Gasteiger partial charge in [-0.15, -0.1) is 13.2 Å². The quantitative estimate of drug-likeness (QED) is 0.863. The van der Waals surface area contributed by atoms with Crippen LogP contribution in [0.3, 0.4) is 0 Å². The average molecular weight is 247 g/mol. The van der Waals surface area contributed by atoms with Crippen LogP contribution in [-0.4, -0.2) is 18.9 Å². The van der Waals surface area contributed by atoms with E-state index < -0.39 is 6.36 Å². The Morgan fingerprint density at radius 2 is 2.06 bits per heavy atom. The Morgan fingerprint density at radius 3 is 2.65 bits per heavy atom. The topological polar surface area (TPSA) is 21.3 Å². The van der Waals surface area contributed by atoms with Crippen LogP contribution in [0.4, 0.5) is 13.2 Å². The number of benzene rings is 1. The number of hydrogen-bond donors (Lipinski definition) is 1. The molecule has 0 radical (unpaired) electrons. The zero-order valence-corrected chi connectivity index (χ0v) is 9.84. The lowest BCUT2D eigenvalue weighted by atomic mass is 10.1. The van der Waals surface area contributed by atoms with Crippen LogP contribution in [0.5, 0.6) is 5.75 Å². The van der Waals surface area contributed by atoms with Crippen LogP contribution in [0.1, 0.15) is 19.4 Å². The first-order chi connectivity index (χ1) is 7.90. The Kier molecular flexibility index (Phi) is 4.81. The fraction of sp³-hybridized carbons (Fsp3) is 0.500. The van der Waals surface area contributed by atoms with E-state index in [1.54, 1.807) is 12.1 Å². The van der Waals surface area contributed by atoms with Gasteiger partial charge in [-0.25, -0.2) is 0 Å². The average Bonchev–Trinajstić information content (AvgIpc) is 2.15. The van der Waals surface area contributed by atoms with Gasteiger partial charge in [0.05, 0.1) is 0 Å².